The molecule has 0 unspecified atom stereocenters. The second kappa shape index (κ2) is 5.81. The van der Waals surface area contributed by atoms with E-state index >= 15 is 0 Å². The van der Waals surface area contributed by atoms with E-state index in [2.05, 4.69) is 26.6 Å². The Kier molecular flexibility index (Phi) is 3.70. The number of nitrogens with one attached hydrogen (secondary N) is 2. The Bertz CT molecular complexity index is 788. The van der Waals surface area contributed by atoms with Crippen molar-refractivity contribution in [2.24, 2.45) is 0 Å². The Morgan fingerprint density at radius 1 is 1.14 bits per heavy atom. The highest BCUT2D eigenvalue weighted by molar-refractivity contribution is 6.03. The minimum atomic E-state index is -0.215. The van der Waals surface area contributed by atoms with E-state index in [1.165, 1.54) is 0 Å². The summed E-state index contributed by atoms with van der Waals surface area (Å²) in [7, 11) is 0. The highest BCUT2D eigenvalue weighted by atomic mass is 16.1. The molecule has 0 aliphatic rings. The summed E-state index contributed by atoms with van der Waals surface area (Å²) in [6.45, 7) is 4.00. The second-order valence-corrected chi connectivity index (χ2v) is 5.24. The van der Waals surface area contributed by atoms with Crippen molar-refractivity contribution in [1.82, 2.24) is 15.2 Å². The molecular weight excluding hydrogens is 276 g/mol. The third-order valence-electron chi connectivity index (χ3n) is 3.26. The number of pyridine rings is 1. The first-order valence-electron chi connectivity index (χ1n) is 6.97. The van der Waals surface area contributed by atoms with Gasteiger partial charge >= 0.3 is 0 Å². The van der Waals surface area contributed by atoms with E-state index < -0.39 is 0 Å². The van der Waals surface area contributed by atoms with E-state index in [0.29, 0.717) is 11.4 Å². The van der Waals surface area contributed by atoms with Crippen LogP contribution in [0.3, 0.4) is 0 Å². The maximum atomic E-state index is 12.3. The number of aromatic amines is 1. The number of aromatic nitrogens is 3. The van der Waals surface area contributed by atoms with E-state index in [4.69, 9.17) is 0 Å². The average molecular weight is 292 g/mol. The molecule has 0 radical (unpaired) electrons. The molecule has 0 aliphatic heterocycles. The Balaban J connectivity index is 1.80. The third-order valence-corrected chi connectivity index (χ3v) is 3.26. The molecule has 0 saturated carbocycles. The molecule has 0 aliphatic carbocycles. The molecule has 5 heteroatoms. The topological polar surface area (TPSA) is 70.7 Å². The zero-order valence-electron chi connectivity index (χ0n) is 12.4. The number of rotatable bonds is 3. The first-order valence-corrected chi connectivity index (χ1v) is 6.97. The van der Waals surface area contributed by atoms with E-state index in [9.17, 15) is 4.79 Å². The van der Waals surface area contributed by atoms with Gasteiger partial charge in [0.05, 0.1) is 5.69 Å². The lowest BCUT2D eigenvalue weighted by Gasteiger charge is -2.06. The summed E-state index contributed by atoms with van der Waals surface area (Å²) in [5.74, 6) is -0.215. The van der Waals surface area contributed by atoms with E-state index in [1.54, 1.807) is 18.5 Å². The van der Waals surface area contributed by atoms with Gasteiger partial charge in [-0.2, -0.15) is 5.10 Å². The average Bonchev–Trinajstić information content (AvgIpc) is 2.97. The molecule has 2 heterocycles. The molecular formula is C17H16N4O. The third kappa shape index (κ3) is 3.03. The lowest BCUT2D eigenvalue weighted by Crippen LogP contribution is -2.12. The van der Waals surface area contributed by atoms with Crippen LogP contribution < -0.4 is 5.32 Å². The number of anilines is 1. The van der Waals surface area contributed by atoms with Crippen LogP contribution in [0.4, 0.5) is 5.69 Å². The predicted octanol–water partition coefficient (Wildman–Crippen LogP) is 3.34. The molecule has 0 bridgehead atoms. The first kappa shape index (κ1) is 14.0. The number of H-pyrrole nitrogens is 1. The Morgan fingerprint density at radius 3 is 2.59 bits per heavy atom. The lowest BCUT2D eigenvalue weighted by molar-refractivity contribution is 0.102. The van der Waals surface area contributed by atoms with Crippen LogP contribution in [0.15, 0.2) is 48.8 Å². The minimum absolute atomic E-state index is 0.215. The van der Waals surface area contributed by atoms with Gasteiger partial charge in [-0.15, -0.1) is 0 Å². The molecule has 110 valence electrons. The van der Waals surface area contributed by atoms with Gasteiger partial charge in [0.25, 0.3) is 5.91 Å². The highest BCUT2D eigenvalue weighted by Gasteiger charge is 2.11. The van der Waals surface area contributed by atoms with Gasteiger partial charge in [-0.3, -0.25) is 14.9 Å². The van der Waals surface area contributed by atoms with Gasteiger partial charge in [-0.05, 0) is 55.3 Å². The molecule has 0 fully saturated rings. The number of amides is 1. The quantitative estimate of drug-likeness (QED) is 0.777. The second-order valence-electron chi connectivity index (χ2n) is 5.24. The van der Waals surface area contributed by atoms with Crippen molar-refractivity contribution in [2.75, 3.05) is 5.32 Å². The number of carbonyl (C=O) groups excluding carboxylic acids is 1. The monoisotopic (exact) mass is 292 g/mol. The SMILES string of the molecule is Cc1cc(C)cc(NC(=O)c2cc(-c3cccnc3)n[nH]2)c1. The smallest absolute Gasteiger partial charge is 0.273 e. The van der Waals surface area contributed by atoms with Gasteiger partial charge < -0.3 is 5.32 Å². The fraction of sp³-hybridized carbons (Fsp3) is 0.118. The summed E-state index contributed by atoms with van der Waals surface area (Å²) in [5.41, 5.74) is 4.97. The van der Waals surface area contributed by atoms with Gasteiger partial charge in [0.1, 0.15) is 5.69 Å². The summed E-state index contributed by atoms with van der Waals surface area (Å²) in [6.07, 6.45) is 3.41. The molecule has 3 aromatic rings. The molecule has 0 spiro atoms. The maximum absolute atomic E-state index is 12.3. The lowest BCUT2D eigenvalue weighted by atomic mass is 10.1. The van der Waals surface area contributed by atoms with Crippen LogP contribution in [-0.4, -0.2) is 21.1 Å². The number of hydrogen-bond donors (Lipinski definition) is 2. The van der Waals surface area contributed by atoms with Crippen LogP contribution in [0.1, 0.15) is 21.6 Å². The van der Waals surface area contributed by atoms with Crippen LogP contribution in [0.5, 0.6) is 0 Å². The van der Waals surface area contributed by atoms with Crippen molar-refractivity contribution in [2.45, 2.75) is 13.8 Å². The summed E-state index contributed by atoms with van der Waals surface area (Å²) >= 11 is 0. The summed E-state index contributed by atoms with van der Waals surface area (Å²) < 4.78 is 0. The molecule has 1 amide bonds. The van der Waals surface area contributed by atoms with Gasteiger partial charge in [-0.25, -0.2) is 0 Å². The fourth-order valence-corrected chi connectivity index (χ4v) is 2.35. The van der Waals surface area contributed by atoms with Crippen LogP contribution in [0, 0.1) is 13.8 Å². The molecule has 22 heavy (non-hydrogen) atoms. The first-order chi connectivity index (χ1) is 10.6. The fourth-order valence-electron chi connectivity index (χ4n) is 2.35. The van der Waals surface area contributed by atoms with Crippen molar-refractivity contribution in [1.29, 1.82) is 0 Å². The minimum Gasteiger partial charge on any atom is -0.321 e. The van der Waals surface area contributed by atoms with Gasteiger partial charge in [0.2, 0.25) is 0 Å². The van der Waals surface area contributed by atoms with Gasteiger partial charge in [-0.1, -0.05) is 6.07 Å². The molecule has 3 rings (SSSR count). The Hall–Kier alpha value is -2.95. The molecule has 5 nitrogen and oxygen atoms in total. The van der Waals surface area contributed by atoms with Gasteiger partial charge in [0.15, 0.2) is 0 Å². The van der Waals surface area contributed by atoms with Crippen molar-refractivity contribution in [3.8, 4) is 11.3 Å². The normalized spacial score (nSPS) is 10.5. The van der Waals surface area contributed by atoms with Crippen LogP contribution in [-0.2, 0) is 0 Å². The van der Waals surface area contributed by atoms with Crippen molar-refractivity contribution < 1.29 is 4.79 Å². The summed E-state index contributed by atoms with van der Waals surface area (Å²) in [5, 5.41) is 9.80. The molecule has 2 aromatic heterocycles. The molecule has 1 aromatic carbocycles. The molecule has 0 atom stereocenters. The summed E-state index contributed by atoms with van der Waals surface area (Å²) in [4.78, 5) is 16.3. The maximum Gasteiger partial charge on any atom is 0.273 e. The number of benzene rings is 1. The standard InChI is InChI=1S/C17H16N4O/c1-11-6-12(2)8-14(7-11)19-17(22)16-9-15(20-21-16)13-4-3-5-18-10-13/h3-10H,1-2H3,(H,19,22)(H,20,21). The van der Waals surface area contributed by atoms with E-state index in [1.807, 2.05) is 38.1 Å². The zero-order valence-corrected chi connectivity index (χ0v) is 12.4. The van der Waals surface area contributed by atoms with E-state index in [0.717, 1.165) is 22.4 Å². The molecule has 0 saturated heterocycles. The van der Waals surface area contributed by atoms with Crippen LogP contribution in [0.2, 0.25) is 0 Å². The van der Waals surface area contributed by atoms with Crippen LogP contribution >= 0.6 is 0 Å². The van der Waals surface area contributed by atoms with Crippen molar-refractivity contribution in [3.05, 3.63) is 65.6 Å². The Morgan fingerprint density at radius 2 is 1.91 bits per heavy atom. The summed E-state index contributed by atoms with van der Waals surface area (Å²) in [6, 6.07) is 11.4. The number of aryl methyl sites for hydroxylation is 2. The molecule has 2 N–H and O–H groups in total. The largest absolute Gasteiger partial charge is 0.321 e. The Labute approximate surface area is 128 Å². The van der Waals surface area contributed by atoms with Crippen molar-refractivity contribution in [3.63, 3.8) is 0 Å². The highest BCUT2D eigenvalue weighted by Crippen LogP contribution is 2.18. The van der Waals surface area contributed by atoms with E-state index in [-0.39, 0.29) is 5.91 Å². The number of nitrogens with zero attached hydrogens (tertiary/aromatic N) is 2. The number of hydrogen-bond acceptors (Lipinski definition) is 3. The van der Waals surface area contributed by atoms with Crippen LogP contribution in [0.25, 0.3) is 11.3 Å². The predicted molar refractivity (Wildman–Crippen MR) is 85.7 cm³/mol. The van der Waals surface area contributed by atoms with Gasteiger partial charge in [0, 0.05) is 23.6 Å². The zero-order chi connectivity index (χ0) is 15.5. The van der Waals surface area contributed by atoms with Crippen molar-refractivity contribution >= 4 is 11.6 Å². The number of carbonyl (C=O) groups is 1.